The maximum Gasteiger partial charge on any atom is 0.340 e. The lowest BCUT2D eigenvalue weighted by molar-refractivity contribution is -0.129. The van der Waals surface area contributed by atoms with Gasteiger partial charge in [0.1, 0.15) is 0 Å². The lowest BCUT2D eigenvalue weighted by Gasteiger charge is -2.13. The first-order valence-corrected chi connectivity index (χ1v) is 6.63. The number of amides is 1. The second-order valence-corrected chi connectivity index (χ2v) is 5.16. The van der Waals surface area contributed by atoms with Crippen LogP contribution in [0.4, 0.5) is 0 Å². The lowest BCUT2D eigenvalue weighted by Crippen LogP contribution is -2.37. The third kappa shape index (κ3) is 3.32. The summed E-state index contributed by atoms with van der Waals surface area (Å²) in [6.07, 6.45) is 1.25. The van der Waals surface area contributed by atoms with Gasteiger partial charge in [0.25, 0.3) is 5.91 Å². The van der Waals surface area contributed by atoms with E-state index in [9.17, 15) is 9.59 Å². The van der Waals surface area contributed by atoms with E-state index >= 15 is 0 Å². The zero-order chi connectivity index (χ0) is 13.1. The predicted octanol–water partition coefficient (Wildman–Crippen LogP) is 2.27. The standard InChI is InChI=1S/C13H14BrNO3/c1-8(12(16)15-9-6-7-9)18-13(17)10-4-2-3-5-11(10)14/h2-5,8-9H,6-7H2,1H3,(H,15,16)/t8-/m1/s1. The molecule has 1 saturated carbocycles. The zero-order valence-electron chi connectivity index (χ0n) is 9.98. The number of ether oxygens (including phenoxy) is 1. The summed E-state index contributed by atoms with van der Waals surface area (Å²) in [6.45, 7) is 1.58. The third-order valence-corrected chi connectivity index (χ3v) is 3.36. The molecule has 1 aromatic carbocycles. The zero-order valence-corrected chi connectivity index (χ0v) is 11.6. The first kappa shape index (κ1) is 13.1. The first-order valence-electron chi connectivity index (χ1n) is 5.84. The molecule has 1 N–H and O–H groups in total. The van der Waals surface area contributed by atoms with Crippen LogP contribution in [0, 0.1) is 0 Å². The molecule has 0 spiro atoms. The molecule has 0 saturated heterocycles. The molecule has 96 valence electrons. The smallest absolute Gasteiger partial charge is 0.340 e. The van der Waals surface area contributed by atoms with Crippen LogP contribution in [0.5, 0.6) is 0 Å². The SMILES string of the molecule is C[C@@H](OC(=O)c1ccccc1Br)C(=O)NC1CC1. The highest BCUT2D eigenvalue weighted by atomic mass is 79.9. The summed E-state index contributed by atoms with van der Waals surface area (Å²) < 4.78 is 5.78. The van der Waals surface area contributed by atoms with Crippen molar-refractivity contribution in [2.24, 2.45) is 0 Å². The van der Waals surface area contributed by atoms with E-state index in [0.717, 1.165) is 12.8 Å². The highest BCUT2D eigenvalue weighted by Crippen LogP contribution is 2.20. The number of benzene rings is 1. The van der Waals surface area contributed by atoms with Crippen molar-refractivity contribution in [3.63, 3.8) is 0 Å². The molecule has 1 atom stereocenters. The van der Waals surface area contributed by atoms with E-state index in [0.29, 0.717) is 10.0 Å². The summed E-state index contributed by atoms with van der Waals surface area (Å²) in [5.41, 5.74) is 0.420. The van der Waals surface area contributed by atoms with Gasteiger partial charge in [0.05, 0.1) is 5.56 Å². The van der Waals surface area contributed by atoms with Gasteiger partial charge in [-0.3, -0.25) is 4.79 Å². The molecule has 1 amide bonds. The van der Waals surface area contributed by atoms with E-state index in [4.69, 9.17) is 4.74 Å². The number of rotatable bonds is 4. The molecule has 4 nitrogen and oxygen atoms in total. The molecule has 0 bridgehead atoms. The number of hydrogen-bond acceptors (Lipinski definition) is 3. The summed E-state index contributed by atoms with van der Waals surface area (Å²) in [7, 11) is 0. The fourth-order valence-electron chi connectivity index (χ4n) is 1.45. The van der Waals surface area contributed by atoms with Gasteiger partial charge in [-0.2, -0.15) is 0 Å². The van der Waals surface area contributed by atoms with Crippen LogP contribution in [0.2, 0.25) is 0 Å². The summed E-state index contributed by atoms with van der Waals surface area (Å²) in [5.74, 6) is -0.737. The Morgan fingerprint density at radius 3 is 2.67 bits per heavy atom. The van der Waals surface area contributed by atoms with E-state index in [1.54, 1.807) is 25.1 Å². The van der Waals surface area contributed by atoms with E-state index in [-0.39, 0.29) is 11.9 Å². The van der Waals surface area contributed by atoms with E-state index in [1.807, 2.05) is 6.07 Å². The fraction of sp³-hybridized carbons (Fsp3) is 0.385. The minimum absolute atomic E-state index is 0.238. The Balaban J connectivity index is 1.94. The van der Waals surface area contributed by atoms with Crippen molar-refractivity contribution in [2.45, 2.75) is 31.9 Å². The minimum Gasteiger partial charge on any atom is -0.449 e. The average Bonchev–Trinajstić information content (AvgIpc) is 3.13. The number of carbonyl (C=O) groups is 2. The molecule has 0 aliphatic heterocycles. The highest BCUT2D eigenvalue weighted by molar-refractivity contribution is 9.10. The molecular weight excluding hydrogens is 298 g/mol. The van der Waals surface area contributed by atoms with Gasteiger partial charge >= 0.3 is 5.97 Å². The number of carbonyl (C=O) groups excluding carboxylic acids is 2. The Labute approximate surface area is 114 Å². The van der Waals surface area contributed by atoms with E-state index in [2.05, 4.69) is 21.2 Å². The fourth-order valence-corrected chi connectivity index (χ4v) is 1.90. The number of esters is 1. The van der Waals surface area contributed by atoms with Gasteiger partial charge in [-0.15, -0.1) is 0 Å². The summed E-state index contributed by atoms with van der Waals surface area (Å²) >= 11 is 3.27. The van der Waals surface area contributed by atoms with Crippen LogP contribution in [0.15, 0.2) is 28.7 Å². The normalized spacial score (nSPS) is 15.9. The van der Waals surface area contributed by atoms with Crippen molar-refractivity contribution in [2.75, 3.05) is 0 Å². The van der Waals surface area contributed by atoms with Crippen molar-refractivity contribution >= 4 is 27.8 Å². The minimum atomic E-state index is -0.773. The van der Waals surface area contributed by atoms with Gasteiger partial charge in [-0.25, -0.2) is 4.79 Å². The Hall–Kier alpha value is -1.36. The quantitative estimate of drug-likeness (QED) is 0.868. The summed E-state index contributed by atoms with van der Waals surface area (Å²) in [6, 6.07) is 7.23. The monoisotopic (exact) mass is 311 g/mol. The Morgan fingerprint density at radius 1 is 1.39 bits per heavy atom. The predicted molar refractivity (Wildman–Crippen MR) is 70.2 cm³/mol. The van der Waals surface area contributed by atoms with Gasteiger partial charge in [0.2, 0.25) is 0 Å². The highest BCUT2D eigenvalue weighted by Gasteiger charge is 2.27. The van der Waals surface area contributed by atoms with E-state index < -0.39 is 12.1 Å². The van der Waals surface area contributed by atoms with Crippen LogP contribution >= 0.6 is 15.9 Å². The maximum atomic E-state index is 11.8. The van der Waals surface area contributed by atoms with Crippen molar-refractivity contribution < 1.29 is 14.3 Å². The maximum absolute atomic E-state index is 11.8. The molecule has 2 rings (SSSR count). The average molecular weight is 312 g/mol. The molecule has 1 fully saturated rings. The van der Waals surface area contributed by atoms with Crippen molar-refractivity contribution in [1.82, 2.24) is 5.32 Å². The summed E-state index contributed by atoms with van der Waals surface area (Å²) in [5, 5.41) is 2.80. The topological polar surface area (TPSA) is 55.4 Å². The largest absolute Gasteiger partial charge is 0.449 e. The van der Waals surface area contributed by atoms with Gasteiger partial charge in [0.15, 0.2) is 6.10 Å². The lowest BCUT2D eigenvalue weighted by atomic mass is 10.2. The van der Waals surface area contributed by atoms with Crippen LogP contribution < -0.4 is 5.32 Å². The molecule has 0 radical (unpaired) electrons. The molecule has 18 heavy (non-hydrogen) atoms. The third-order valence-electron chi connectivity index (χ3n) is 2.67. The Kier molecular flexibility index (Phi) is 4.01. The van der Waals surface area contributed by atoms with Crippen LogP contribution in [0.3, 0.4) is 0 Å². The van der Waals surface area contributed by atoms with Gasteiger partial charge in [0, 0.05) is 10.5 Å². The molecule has 1 aliphatic carbocycles. The molecule has 0 aromatic heterocycles. The second-order valence-electron chi connectivity index (χ2n) is 4.31. The first-order chi connectivity index (χ1) is 8.58. The molecular formula is C13H14BrNO3. The van der Waals surface area contributed by atoms with Gasteiger partial charge in [-0.1, -0.05) is 12.1 Å². The van der Waals surface area contributed by atoms with Gasteiger partial charge < -0.3 is 10.1 Å². The van der Waals surface area contributed by atoms with Crippen LogP contribution in [-0.2, 0) is 9.53 Å². The molecule has 1 aliphatic rings. The van der Waals surface area contributed by atoms with Crippen LogP contribution in [0.25, 0.3) is 0 Å². The molecule has 0 unspecified atom stereocenters. The Bertz CT molecular complexity index is 471. The van der Waals surface area contributed by atoms with E-state index in [1.165, 1.54) is 0 Å². The number of halogens is 1. The molecule has 0 heterocycles. The van der Waals surface area contributed by atoms with Crippen molar-refractivity contribution in [1.29, 1.82) is 0 Å². The molecule has 1 aromatic rings. The number of nitrogens with one attached hydrogen (secondary N) is 1. The van der Waals surface area contributed by atoms with Crippen molar-refractivity contribution in [3.8, 4) is 0 Å². The Morgan fingerprint density at radius 2 is 2.06 bits per heavy atom. The van der Waals surface area contributed by atoms with Crippen molar-refractivity contribution in [3.05, 3.63) is 34.3 Å². The van der Waals surface area contributed by atoms with Crippen LogP contribution in [0.1, 0.15) is 30.1 Å². The van der Waals surface area contributed by atoms with Crippen LogP contribution in [-0.4, -0.2) is 24.0 Å². The van der Waals surface area contributed by atoms with Gasteiger partial charge in [-0.05, 0) is 47.8 Å². The second kappa shape index (κ2) is 5.52. The summed E-state index contributed by atoms with van der Waals surface area (Å²) in [4.78, 5) is 23.5. The number of hydrogen-bond donors (Lipinski definition) is 1. The molecule has 5 heteroatoms.